The standard InChI is InChI=1S/C14H16N2O2/c1-8(2)12-7-18-14(16-12)11-5-9(3)4-10(6-15)13(11)17/h4-5,8,12,17H,7H2,1-3H3/t12-/m1/s1. The SMILES string of the molecule is Cc1cc(C#N)c(O)c(C2=N[C@@H](C(C)C)CO2)c1. The first-order valence-electron chi connectivity index (χ1n) is 5.97. The van der Waals surface area contributed by atoms with E-state index in [1.165, 1.54) is 0 Å². The third-order valence-electron chi connectivity index (χ3n) is 3.05. The zero-order valence-electron chi connectivity index (χ0n) is 10.8. The Hall–Kier alpha value is -2.02. The molecular formula is C14H16N2O2. The van der Waals surface area contributed by atoms with E-state index in [2.05, 4.69) is 18.8 Å². The minimum absolute atomic E-state index is 0.0498. The summed E-state index contributed by atoms with van der Waals surface area (Å²) in [4.78, 5) is 4.46. The number of phenolic OH excluding ortho intramolecular Hbond substituents is 1. The highest BCUT2D eigenvalue weighted by molar-refractivity contribution is 5.98. The van der Waals surface area contributed by atoms with Crippen LogP contribution in [0.2, 0.25) is 0 Å². The molecule has 0 amide bonds. The number of hydrogen-bond acceptors (Lipinski definition) is 4. The van der Waals surface area contributed by atoms with Crippen molar-refractivity contribution in [1.82, 2.24) is 0 Å². The molecule has 0 saturated carbocycles. The van der Waals surface area contributed by atoms with Crippen molar-refractivity contribution in [3.05, 3.63) is 28.8 Å². The van der Waals surface area contributed by atoms with Gasteiger partial charge in [-0.1, -0.05) is 13.8 Å². The monoisotopic (exact) mass is 244 g/mol. The molecule has 0 bridgehead atoms. The molecule has 0 aliphatic carbocycles. The third kappa shape index (κ3) is 2.17. The van der Waals surface area contributed by atoms with Crippen LogP contribution in [0.5, 0.6) is 5.75 Å². The Morgan fingerprint density at radius 3 is 2.78 bits per heavy atom. The number of aromatic hydroxyl groups is 1. The second kappa shape index (κ2) is 4.69. The summed E-state index contributed by atoms with van der Waals surface area (Å²) in [5, 5.41) is 19.0. The highest BCUT2D eigenvalue weighted by Gasteiger charge is 2.25. The van der Waals surface area contributed by atoms with E-state index in [4.69, 9.17) is 10.00 Å². The number of rotatable bonds is 2. The topological polar surface area (TPSA) is 65.6 Å². The minimum Gasteiger partial charge on any atom is -0.506 e. The van der Waals surface area contributed by atoms with Crippen molar-refractivity contribution in [3.63, 3.8) is 0 Å². The Labute approximate surface area is 107 Å². The molecule has 1 N–H and O–H groups in total. The molecule has 0 aromatic heterocycles. The summed E-state index contributed by atoms with van der Waals surface area (Å²) in [6, 6.07) is 5.53. The van der Waals surface area contributed by atoms with Gasteiger partial charge in [0.25, 0.3) is 0 Å². The van der Waals surface area contributed by atoms with Crippen LogP contribution in [-0.4, -0.2) is 23.7 Å². The van der Waals surface area contributed by atoms with Gasteiger partial charge < -0.3 is 9.84 Å². The summed E-state index contributed by atoms with van der Waals surface area (Å²) < 4.78 is 5.53. The molecule has 1 aromatic rings. The molecule has 0 fully saturated rings. The lowest BCUT2D eigenvalue weighted by atomic mass is 10.0. The van der Waals surface area contributed by atoms with Crippen LogP contribution in [-0.2, 0) is 4.74 Å². The van der Waals surface area contributed by atoms with Crippen molar-refractivity contribution < 1.29 is 9.84 Å². The maximum Gasteiger partial charge on any atom is 0.220 e. The number of hydrogen-bond donors (Lipinski definition) is 1. The normalized spacial score (nSPS) is 18.4. The Morgan fingerprint density at radius 1 is 1.50 bits per heavy atom. The smallest absolute Gasteiger partial charge is 0.220 e. The summed E-state index contributed by atoms with van der Waals surface area (Å²) in [5.74, 6) is 0.780. The van der Waals surface area contributed by atoms with Crippen LogP contribution in [0.1, 0.15) is 30.5 Å². The Balaban J connectivity index is 2.44. The van der Waals surface area contributed by atoms with Gasteiger partial charge in [0.2, 0.25) is 5.90 Å². The first-order valence-corrected chi connectivity index (χ1v) is 5.97. The highest BCUT2D eigenvalue weighted by atomic mass is 16.5. The van der Waals surface area contributed by atoms with Crippen molar-refractivity contribution in [2.75, 3.05) is 6.61 Å². The fourth-order valence-corrected chi connectivity index (χ4v) is 1.91. The number of nitriles is 1. The molecule has 0 saturated heterocycles. The second-order valence-corrected chi connectivity index (χ2v) is 4.88. The van der Waals surface area contributed by atoms with Crippen LogP contribution < -0.4 is 0 Å². The quantitative estimate of drug-likeness (QED) is 0.868. The molecule has 1 aromatic carbocycles. The fraction of sp³-hybridized carbons (Fsp3) is 0.429. The lowest BCUT2D eigenvalue weighted by molar-refractivity contribution is 0.291. The van der Waals surface area contributed by atoms with Crippen LogP contribution in [0.4, 0.5) is 0 Å². The molecule has 94 valence electrons. The maximum absolute atomic E-state index is 10.0. The molecule has 4 nitrogen and oxygen atoms in total. The van der Waals surface area contributed by atoms with Gasteiger partial charge in [0.1, 0.15) is 18.4 Å². The van der Waals surface area contributed by atoms with Gasteiger partial charge in [0.05, 0.1) is 17.2 Å². The van der Waals surface area contributed by atoms with Gasteiger partial charge in [0.15, 0.2) is 0 Å². The van der Waals surface area contributed by atoms with Gasteiger partial charge in [-0.3, -0.25) is 0 Å². The summed E-state index contributed by atoms with van der Waals surface area (Å²) in [5.41, 5.74) is 1.66. The highest BCUT2D eigenvalue weighted by Crippen LogP contribution is 2.27. The van der Waals surface area contributed by atoms with Crippen molar-refractivity contribution in [2.24, 2.45) is 10.9 Å². The molecule has 1 aliphatic heterocycles. The number of ether oxygens (including phenoxy) is 1. The molecule has 1 atom stereocenters. The average molecular weight is 244 g/mol. The molecule has 18 heavy (non-hydrogen) atoms. The number of benzene rings is 1. The number of phenols is 1. The first kappa shape index (κ1) is 12.4. The number of aliphatic imine (C=N–C) groups is 1. The largest absolute Gasteiger partial charge is 0.506 e. The van der Waals surface area contributed by atoms with E-state index >= 15 is 0 Å². The van der Waals surface area contributed by atoms with Crippen molar-refractivity contribution in [1.29, 1.82) is 5.26 Å². The molecule has 0 unspecified atom stereocenters. The Bertz CT molecular complexity index is 541. The zero-order valence-corrected chi connectivity index (χ0v) is 10.8. The van der Waals surface area contributed by atoms with Gasteiger partial charge in [-0.15, -0.1) is 0 Å². The second-order valence-electron chi connectivity index (χ2n) is 4.88. The Morgan fingerprint density at radius 2 is 2.22 bits per heavy atom. The van der Waals surface area contributed by atoms with Gasteiger partial charge >= 0.3 is 0 Å². The molecule has 2 rings (SSSR count). The third-order valence-corrected chi connectivity index (χ3v) is 3.05. The molecule has 4 heteroatoms. The molecule has 0 spiro atoms. The summed E-state index contributed by atoms with van der Waals surface area (Å²) in [6.07, 6.45) is 0. The molecule has 1 aliphatic rings. The summed E-state index contributed by atoms with van der Waals surface area (Å²) >= 11 is 0. The molecule has 0 radical (unpaired) electrons. The summed E-state index contributed by atoms with van der Waals surface area (Å²) in [7, 11) is 0. The summed E-state index contributed by atoms with van der Waals surface area (Å²) in [6.45, 7) is 6.57. The maximum atomic E-state index is 10.0. The lowest BCUT2D eigenvalue weighted by Crippen LogP contribution is -2.13. The van der Waals surface area contributed by atoms with E-state index in [9.17, 15) is 5.11 Å². The van der Waals surface area contributed by atoms with Gasteiger partial charge in [0, 0.05) is 0 Å². The van der Waals surface area contributed by atoms with E-state index in [0.717, 1.165) is 5.56 Å². The van der Waals surface area contributed by atoms with Crippen molar-refractivity contribution in [2.45, 2.75) is 26.8 Å². The van der Waals surface area contributed by atoms with Crippen LogP contribution in [0.3, 0.4) is 0 Å². The Kier molecular flexibility index (Phi) is 3.24. The van der Waals surface area contributed by atoms with E-state index in [1.54, 1.807) is 12.1 Å². The van der Waals surface area contributed by atoms with E-state index in [1.807, 2.05) is 13.0 Å². The fourth-order valence-electron chi connectivity index (χ4n) is 1.91. The predicted octanol–water partition coefficient (Wildman–Crippen LogP) is 2.37. The van der Waals surface area contributed by atoms with Gasteiger partial charge in [-0.05, 0) is 30.5 Å². The minimum atomic E-state index is -0.0498. The van der Waals surface area contributed by atoms with Crippen LogP contribution in [0, 0.1) is 24.2 Å². The average Bonchev–Trinajstić information content (AvgIpc) is 2.81. The molecular weight excluding hydrogens is 228 g/mol. The zero-order chi connectivity index (χ0) is 13.3. The van der Waals surface area contributed by atoms with E-state index in [-0.39, 0.29) is 17.4 Å². The van der Waals surface area contributed by atoms with Crippen molar-refractivity contribution in [3.8, 4) is 11.8 Å². The van der Waals surface area contributed by atoms with Crippen molar-refractivity contribution >= 4 is 5.90 Å². The van der Waals surface area contributed by atoms with Gasteiger partial charge in [-0.25, -0.2) is 4.99 Å². The van der Waals surface area contributed by atoms with Crippen LogP contribution >= 0.6 is 0 Å². The van der Waals surface area contributed by atoms with Gasteiger partial charge in [-0.2, -0.15) is 5.26 Å². The van der Waals surface area contributed by atoms with Crippen LogP contribution in [0.15, 0.2) is 17.1 Å². The predicted molar refractivity (Wildman–Crippen MR) is 68.7 cm³/mol. The van der Waals surface area contributed by atoms with E-state index in [0.29, 0.717) is 24.0 Å². The van der Waals surface area contributed by atoms with Crippen LogP contribution in [0.25, 0.3) is 0 Å². The lowest BCUT2D eigenvalue weighted by Gasteiger charge is -2.07. The number of nitrogens with zero attached hydrogens (tertiary/aromatic N) is 2. The van der Waals surface area contributed by atoms with E-state index < -0.39 is 0 Å². The number of aryl methyl sites for hydroxylation is 1. The molecule has 1 heterocycles. The first-order chi connectivity index (χ1) is 8.52.